The zero-order chi connectivity index (χ0) is 40.9. The number of para-hydroxylation sites is 1. The Morgan fingerprint density at radius 2 is 1.30 bits per heavy atom. The van der Waals surface area contributed by atoms with Gasteiger partial charge in [0.15, 0.2) is 5.58 Å². The van der Waals surface area contributed by atoms with Gasteiger partial charge in [-0.1, -0.05) is 189 Å². The first-order chi connectivity index (χ1) is 30.0. The zero-order valence-corrected chi connectivity index (χ0v) is 34.2. The molecule has 0 radical (unpaired) electrons. The molecule has 0 spiro atoms. The van der Waals surface area contributed by atoms with Crippen molar-refractivity contribution in [1.82, 2.24) is 9.88 Å². The van der Waals surface area contributed by atoms with Crippen LogP contribution in [-0.4, -0.2) is 22.6 Å². The van der Waals surface area contributed by atoms with Gasteiger partial charge in [-0.2, -0.15) is 0 Å². The molecular weight excluding hydrogens is 743 g/mol. The van der Waals surface area contributed by atoms with Crippen molar-refractivity contribution >= 4 is 44.3 Å². The first-order valence-electron chi connectivity index (χ1n) is 21.0. The lowest BCUT2D eigenvalue weighted by Crippen LogP contribution is -2.28. The van der Waals surface area contributed by atoms with Crippen LogP contribution < -0.4 is 0 Å². The van der Waals surface area contributed by atoms with Crippen molar-refractivity contribution in [2.45, 2.75) is 24.9 Å². The number of allylic oxidation sites excluding steroid dienone is 5. The number of furan rings is 1. The summed E-state index contributed by atoms with van der Waals surface area (Å²) >= 11 is 0. The summed E-state index contributed by atoms with van der Waals surface area (Å²) in [6.07, 6.45) is 9.94. The Hall–Kier alpha value is -7.56. The first-order valence-corrected chi connectivity index (χ1v) is 21.0. The lowest BCUT2D eigenvalue weighted by Gasteiger charge is -2.35. The fourth-order valence-electron chi connectivity index (χ4n) is 9.20. The highest BCUT2D eigenvalue weighted by atomic mass is 16.3. The summed E-state index contributed by atoms with van der Waals surface area (Å²) in [6, 6.07) is 64.3. The predicted molar refractivity (Wildman–Crippen MR) is 253 cm³/mol. The Morgan fingerprint density at radius 3 is 2.07 bits per heavy atom. The molecule has 2 unspecified atom stereocenters. The number of aliphatic imine (C=N–C) groups is 1. The standard InChI is InChI=1S/C57H43N3O/c1-57(45-22-10-5-11-23-45)34-32-39(33-35-57)49-37-50(60(2)56(59-49)42-18-8-4-9-19-42)40-28-30-41(31-29-40)54-55-53(47-24-12-13-27-51(47)61-55)52-46(25-15-26-48(52)58-54)44-21-14-20-43(36-44)38-16-6-3-7-17-38/h3-34,36-37,56H,35H2,1-2H3. The fourth-order valence-corrected chi connectivity index (χ4v) is 9.20. The highest BCUT2D eigenvalue weighted by Gasteiger charge is 2.29. The van der Waals surface area contributed by atoms with Crippen molar-refractivity contribution in [3.8, 4) is 33.5 Å². The lowest BCUT2D eigenvalue weighted by molar-refractivity contribution is 0.364. The van der Waals surface area contributed by atoms with E-state index in [-0.39, 0.29) is 11.6 Å². The van der Waals surface area contributed by atoms with E-state index >= 15 is 0 Å². The van der Waals surface area contributed by atoms with Crippen molar-refractivity contribution in [1.29, 1.82) is 0 Å². The van der Waals surface area contributed by atoms with Gasteiger partial charge < -0.3 is 9.32 Å². The van der Waals surface area contributed by atoms with Crippen LogP contribution in [-0.2, 0) is 5.41 Å². The Morgan fingerprint density at radius 1 is 0.623 bits per heavy atom. The van der Waals surface area contributed by atoms with E-state index in [9.17, 15) is 0 Å². The fraction of sp³-hybridized carbons (Fsp3) is 0.0877. The van der Waals surface area contributed by atoms with Gasteiger partial charge in [0.25, 0.3) is 0 Å². The minimum atomic E-state index is -0.174. The molecule has 1 aliphatic heterocycles. The maximum absolute atomic E-state index is 6.77. The topological polar surface area (TPSA) is 41.6 Å². The van der Waals surface area contributed by atoms with Gasteiger partial charge in [0.1, 0.15) is 17.4 Å². The van der Waals surface area contributed by atoms with E-state index in [0.717, 1.165) is 89.8 Å². The minimum Gasteiger partial charge on any atom is -0.454 e. The van der Waals surface area contributed by atoms with Crippen molar-refractivity contribution < 1.29 is 4.42 Å². The largest absolute Gasteiger partial charge is 0.454 e. The van der Waals surface area contributed by atoms with E-state index in [2.05, 4.69) is 219 Å². The van der Waals surface area contributed by atoms with E-state index in [0.29, 0.717) is 0 Å². The van der Waals surface area contributed by atoms with Crippen LogP contribution in [0.3, 0.4) is 0 Å². The smallest absolute Gasteiger partial charge is 0.162 e. The highest BCUT2D eigenvalue weighted by molar-refractivity contribution is 6.24. The second-order valence-corrected chi connectivity index (χ2v) is 16.4. The predicted octanol–water partition coefficient (Wildman–Crippen LogP) is 14.4. The Labute approximate surface area is 356 Å². The molecule has 0 saturated heterocycles. The van der Waals surface area contributed by atoms with E-state index in [1.54, 1.807) is 0 Å². The van der Waals surface area contributed by atoms with E-state index in [4.69, 9.17) is 14.4 Å². The quantitative estimate of drug-likeness (QED) is 0.162. The molecule has 0 N–H and O–H groups in total. The molecule has 4 heteroatoms. The van der Waals surface area contributed by atoms with Crippen molar-refractivity contribution in [2.24, 2.45) is 4.99 Å². The molecular formula is C57H43N3O. The highest BCUT2D eigenvalue weighted by Crippen LogP contribution is 2.44. The zero-order valence-electron chi connectivity index (χ0n) is 34.2. The third-order valence-electron chi connectivity index (χ3n) is 12.6. The van der Waals surface area contributed by atoms with Gasteiger partial charge in [-0.3, -0.25) is 4.99 Å². The summed E-state index contributed by atoms with van der Waals surface area (Å²) in [4.78, 5) is 13.1. The van der Waals surface area contributed by atoms with E-state index in [1.807, 2.05) is 6.07 Å². The summed E-state index contributed by atoms with van der Waals surface area (Å²) < 4.78 is 6.77. The number of nitrogens with zero attached hydrogens (tertiary/aromatic N) is 3. The maximum Gasteiger partial charge on any atom is 0.162 e. The summed E-state index contributed by atoms with van der Waals surface area (Å²) in [5, 5.41) is 3.26. The number of rotatable bonds is 7. The van der Waals surface area contributed by atoms with Crippen LogP contribution >= 0.6 is 0 Å². The van der Waals surface area contributed by atoms with Crippen LogP contribution in [0.2, 0.25) is 0 Å². The van der Waals surface area contributed by atoms with E-state index in [1.165, 1.54) is 16.7 Å². The molecule has 7 aromatic carbocycles. The SMILES string of the molecule is CN1C(c2ccc(-c3nc4cccc(-c5cccc(-c6ccccc6)c5)c4c4c3oc3ccccc34)cc2)=CC(C2=CCC(C)(c3ccccc3)C=C2)=NC1c1ccccc1. The van der Waals surface area contributed by atoms with Crippen molar-refractivity contribution in [3.63, 3.8) is 0 Å². The summed E-state index contributed by atoms with van der Waals surface area (Å²) in [5.41, 5.74) is 15.8. The molecule has 2 atom stereocenters. The molecule has 2 aliphatic rings. The van der Waals surface area contributed by atoms with Crippen LogP contribution in [0.15, 0.2) is 221 Å². The number of aromatic nitrogens is 1. The van der Waals surface area contributed by atoms with Crippen molar-refractivity contribution in [3.05, 3.63) is 229 Å². The molecule has 3 heterocycles. The molecule has 11 rings (SSSR count). The molecule has 292 valence electrons. The third-order valence-corrected chi connectivity index (χ3v) is 12.6. The number of hydrogen-bond donors (Lipinski definition) is 0. The normalized spacial score (nSPS) is 17.7. The number of hydrogen-bond acceptors (Lipinski definition) is 4. The molecule has 2 aromatic heterocycles. The van der Waals surface area contributed by atoms with Crippen LogP contribution in [0.4, 0.5) is 0 Å². The third kappa shape index (κ3) is 6.48. The lowest BCUT2D eigenvalue weighted by atomic mass is 9.75. The monoisotopic (exact) mass is 785 g/mol. The minimum absolute atomic E-state index is 0.0605. The molecule has 1 aliphatic carbocycles. The number of benzene rings is 7. The summed E-state index contributed by atoms with van der Waals surface area (Å²) in [7, 11) is 2.14. The Balaban J connectivity index is 1.00. The summed E-state index contributed by atoms with van der Waals surface area (Å²) in [5.74, 6) is 0. The van der Waals surface area contributed by atoms with Gasteiger partial charge in [-0.15, -0.1) is 0 Å². The number of pyridine rings is 1. The maximum atomic E-state index is 6.77. The molecule has 0 fully saturated rings. The second kappa shape index (κ2) is 14.9. The summed E-state index contributed by atoms with van der Waals surface area (Å²) in [6.45, 7) is 2.31. The van der Waals surface area contributed by atoms with Crippen LogP contribution in [0.1, 0.15) is 36.2 Å². The average Bonchev–Trinajstić information content (AvgIpc) is 3.72. The van der Waals surface area contributed by atoms with Crippen molar-refractivity contribution in [2.75, 3.05) is 7.05 Å². The molecule has 0 saturated carbocycles. The molecule has 61 heavy (non-hydrogen) atoms. The van der Waals surface area contributed by atoms with Gasteiger partial charge in [0.2, 0.25) is 0 Å². The van der Waals surface area contributed by atoms with Gasteiger partial charge in [0, 0.05) is 39.9 Å². The van der Waals surface area contributed by atoms with Crippen LogP contribution in [0.5, 0.6) is 0 Å². The van der Waals surface area contributed by atoms with Crippen LogP contribution in [0, 0.1) is 0 Å². The van der Waals surface area contributed by atoms with Gasteiger partial charge in [-0.05, 0) is 75.2 Å². The number of fused-ring (bicyclic) bond motifs is 5. The van der Waals surface area contributed by atoms with Crippen LogP contribution in [0.25, 0.3) is 72.0 Å². The molecule has 0 amide bonds. The Kier molecular flexibility index (Phi) is 8.93. The first kappa shape index (κ1) is 36.5. The molecule has 9 aromatic rings. The van der Waals surface area contributed by atoms with Gasteiger partial charge >= 0.3 is 0 Å². The van der Waals surface area contributed by atoms with Gasteiger partial charge in [-0.25, -0.2) is 4.98 Å². The second-order valence-electron chi connectivity index (χ2n) is 16.4. The van der Waals surface area contributed by atoms with Gasteiger partial charge in [0.05, 0.1) is 11.2 Å². The average molecular weight is 786 g/mol. The molecule has 4 nitrogen and oxygen atoms in total. The van der Waals surface area contributed by atoms with E-state index < -0.39 is 0 Å². The molecule has 0 bridgehead atoms. The Bertz CT molecular complexity index is 3230.